The van der Waals surface area contributed by atoms with Crippen molar-refractivity contribution >= 4 is 23.2 Å². The van der Waals surface area contributed by atoms with E-state index in [4.69, 9.17) is 11.6 Å². The van der Waals surface area contributed by atoms with Gasteiger partial charge in [0.25, 0.3) is 11.5 Å². The Morgan fingerprint density at radius 3 is 2.54 bits per heavy atom. The third kappa shape index (κ3) is 3.73. The Balaban J connectivity index is 1.85. The van der Waals surface area contributed by atoms with Gasteiger partial charge in [-0.05, 0) is 42.0 Å². The minimum atomic E-state index is -0.424. The maximum absolute atomic E-state index is 12.6. The highest BCUT2D eigenvalue weighted by atomic mass is 35.5. The molecule has 3 aromatic rings. The number of anilines is 1. The van der Waals surface area contributed by atoms with Crippen LogP contribution in [0.15, 0.2) is 77.7 Å². The normalized spacial score (nSPS) is 10.4. The van der Waals surface area contributed by atoms with E-state index in [2.05, 4.69) is 5.32 Å². The van der Waals surface area contributed by atoms with Gasteiger partial charge in [-0.25, -0.2) is 0 Å². The number of aromatic nitrogens is 1. The fraction of sp³-hybridized carbons (Fsp3) is 0.0526. The first-order valence-electron chi connectivity index (χ1n) is 7.44. The first-order valence-corrected chi connectivity index (χ1v) is 7.81. The fourth-order valence-corrected chi connectivity index (χ4v) is 2.60. The number of amides is 1. The molecule has 24 heavy (non-hydrogen) atoms. The third-order valence-electron chi connectivity index (χ3n) is 3.54. The molecule has 0 saturated carbocycles. The van der Waals surface area contributed by atoms with Crippen LogP contribution in [0.3, 0.4) is 0 Å². The summed E-state index contributed by atoms with van der Waals surface area (Å²) in [5.74, 6) is -0.424. The first kappa shape index (κ1) is 16.0. The molecule has 3 rings (SSSR count). The minimum Gasteiger partial charge on any atom is -0.322 e. The second-order valence-corrected chi connectivity index (χ2v) is 5.74. The van der Waals surface area contributed by atoms with Crippen LogP contribution < -0.4 is 10.9 Å². The molecule has 4 nitrogen and oxygen atoms in total. The van der Waals surface area contributed by atoms with E-state index in [0.29, 0.717) is 17.3 Å². The van der Waals surface area contributed by atoms with Crippen LogP contribution in [-0.4, -0.2) is 10.5 Å². The molecule has 0 bridgehead atoms. The van der Waals surface area contributed by atoms with Crippen LogP contribution in [0.25, 0.3) is 0 Å². The molecule has 1 heterocycles. The molecule has 2 aromatic carbocycles. The van der Waals surface area contributed by atoms with Crippen molar-refractivity contribution in [1.29, 1.82) is 0 Å². The average Bonchev–Trinajstić information content (AvgIpc) is 2.58. The Kier molecular flexibility index (Phi) is 4.77. The maximum Gasteiger partial charge on any atom is 0.263 e. The average molecular weight is 339 g/mol. The van der Waals surface area contributed by atoms with Gasteiger partial charge in [-0.3, -0.25) is 9.59 Å². The zero-order valence-corrected chi connectivity index (χ0v) is 13.5. The Labute approximate surface area is 144 Å². The summed E-state index contributed by atoms with van der Waals surface area (Å²) in [4.78, 5) is 24.9. The number of carbonyl (C=O) groups is 1. The van der Waals surface area contributed by atoms with Crippen LogP contribution in [0.1, 0.15) is 15.9 Å². The smallest absolute Gasteiger partial charge is 0.263 e. The molecule has 0 radical (unpaired) electrons. The summed E-state index contributed by atoms with van der Waals surface area (Å²) < 4.78 is 1.49. The second kappa shape index (κ2) is 7.15. The van der Waals surface area contributed by atoms with E-state index in [-0.39, 0.29) is 11.1 Å². The number of pyridine rings is 1. The Bertz CT molecular complexity index is 920. The summed E-state index contributed by atoms with van der Waals surface area (Å²) in [5, 5.41) is 3.34. The molecule has 0 aliphatic rings. The molecule has 0 atom stereocenters. The largest absolute Gasteiger partial charge is 0.322 e. The van der Waals surface area contributed by atoms with Crippen molar-refractivity contribution < 1.29 is 4.79 Å². The Hall–Kier alpha value is -2.85. The van der Waals surface area contributed by atoms with Crippen LogP contribution in [-0.2, 0) is 6.54 Å². The molecule has 1 aromatic heterocycles. The van der Waals surface area contributed by atoms with Crippen molar-refractivity contribution in [2.45, 2.75) is 6.54 Å². The van der Waals surface area contributed by atoms with Gasteiger partial charge in [0.1, 0.15) is 5.56 Å². The quantitative estimate of drug-likeness (QED) is 0.786. The Morgan fingerprint density at radius 1 is 1.00 bits per heavy atom. The van der Waals surface area contributed by atoms with E-state index < -0.39 is 5.91 Å². The minimum absolute atomic E-state index is 0.100. The summed E-state index contributed by atoms with van der Waals surface area (Å²) in [6, 6.07) is 19.5. The molecule has 5 heteroatoms. The van der Waals surface area contributed by atoms with Crippen molar-refractivity contribution in [1.82, 2.24) is 4.57 Å². The number of halogens is 1. The van der Waals surface area contributed by atoms with Crippen molar-refractivity contribution in [3.63, 3.8) is 0 Å². The highest BCUT2D eigenvalue weighted by Gasteiger charge is 2.12. The van der Waals surface area contributed by atoms with E-state index in [1.807, 2.05) is 30.3 Å². The number of rotatable bonds is 4. The van der Waals surface area contributed by atoms with Crippen LogP contribution in [0.4, 0.5) is 5.69 Å². The lowest BCUT2D eigenvalue weighted by molar-refractivity contribution is 0.102. The molecule has 0 aliphatic carbocycles. The molecule has 0 unspecified atom stereocenters. The fourth-order valence-electron chi connectivity index (χ4n) is 2.39. The van der Waals surface area contributed by atoms with Gasteiger partial charge in [-0.15, -0.1) is 0 Å². The lowest BCUT2D eigenvalue weighted by Crippen LogP contribution is -2.29. The third-order valence-corrected chi connectivity index (χ3v) is 3.77. The SMILES string of the molecule is O=C(Nc1ccccc1)c1cccn(Cc2cccc(Cl)c2)c1=O. The van der Waals surface area contributed by atoms with Crippen molar-refractivity contribution in [3.05, 3.63) is 99.4 Å². The standard InChI is InChI=1S/C19H15ClN2O2/c20-15-7-4-6-14(12-15)13-22-11-5-10-17(19(22)24)18(23)21-16-8-2-1-3-9-16/h1-12H,13H2,(H,21,23). The zero-order valence-electron chi connectivity index (χ0n) is 12.8. The number of nitrogens with zero attached hydrogens (tertiary/aromatic N) is 1. The summed E-state index contributed by atoms with van der Waals surface area (Å²) >= 11 is 5.97. The molecular weight excluding hydrogens is 324 g/mol. The van der Waals surface area contributed by atoms with Crippen LogP contribution in [0.5, 0.6) is 0 Å². The second-order valence-electron chi connectivity index (χ2n) is 5.30. The topological polar surface area (TPSA) is 51.1 Å². The van der Waals surface area contributed by atoms with E-state index in [9.17, 15) is 9.59 Å². The van der Waals surface area contributed by atoms with Crippen LogP contribution in [0, 0.1) is 0 Å². The van der Waals surface area contributed by atoms with E-state index in [0.717, 1.165) is 5.56 Å². The van der Waals surface area contributed by atoms with Gasteiger partial charge in [-0.1, -0.05) is 41.9 Å². The number of para-hydroxylation sites is 1. The zero-order chi connectivity index (χ0) is 16.9. The summed E-state index contributed by atoms with van der Waals surface area (Å²) in [7, 11) is 0. The number of hydrogen-bond acceptors (Lipinski definition) is 2. The number of carbonyl (C=O) groups excluding carboxylic acids is 1. The molecular formula is C19H15ClN2O2. The predicted octanol–water partition coefficient (Wildman–Crippen LogP) is 3.80. The number of benzene rings is 2. The molecule has 0 spiro atoms. The predicted molar refractivity (Wildman–Crippen MR) is 95.7 cm³/mol. The number of nitrogens with one attached hydrogen (secondary N) is 1. The lowest BCUT2D eigenvalue weighted by Gasteiger charge is -2.09. The highest BCUT2D eigenvalue weighted by Crippen LogP contribution is 2.12. The van der Waals surface area contributed by atoms with E-state index in [1.54, 1.807) is 36.5 Å². The summed E-state index contributed by atoms with van der Waals surface area (Å²) in [5.41, 5.74) is 1.30. The van der Waals surface area contributed by atoms with Crippen molar-refractivity contribution in [2.24, 2.45) is 0 Å². The molecule has 1 N–H and O–H groups in total. The van der Waals surface area contributed by atoms with Gasteiger partial charge < -0.3 is 9.88 Å². The molecule has 120 valence electrons. The van der Waals surface area contributed by atoms with Crippen molar-refractivity contribution in [3.8, 4) is 0 Å². The van der Waals surface area contributed by atoms with Gasteiger partial charge in [-0.2, -0.15) is 0 Å². The van der Waals surface area contributed by atoms with Crippen LogP contribution in [0.2, 0.25) is 5.02 Å². The van der Waals surface area contributed by atoms with Gasteiger partial charge in [0.05, 0.1) is 6.54 Å². The summed E-state index contributed by atoms with van der Waals surface area (Å²) in [6.07, 6.45) is 1.66. The molecule has 0 fully saturated rings. The molecule has 0 saturated heterocycles. The van der Waals surface area contributed by atoms with Crippen LogP contribution >= 0.6 is 11.6 Å². The van der Waals surface area contributed by atoms with Gasteiger partial charge in [0.2, 0.25) is 0 Å². The van der Waals surface area contributed by atoms with Gasteiger partial charge >= 0.3 is 0 Å². The van der Waals surface area contributed by atoms with E-state index >= 15 is 0 Å². The van der Waals surface area contributed by atoms with Gasteiger partial charge in [0.15, 0.2) is 0 Å². The van der Waals surface area contributed by atoms with Gasteiger partial charge in [0, 0.05) is 16.9 Å². The highest BCUT2D eigenvalue weighted by molar-refractivity contribution is 6.30. The maximum atomic E-state index is 12.6. The van der Waals surface area contributed by atoms with Crippen molar-refractivity contribution in [2.75, 3.05) is 5.32 Å². The Morgan fingerprint density at radius 2 is 1.79 bits per heavy atom. The molecule has 0 aliphatic heterocycles. The number of hydrogen-bond donors (Lipinski definition) is 1. The monoisotopic (exact) mass is 338 g/mol. The molecule has 1 amide bonds. The first-order chi connectivity index (χ1) is 11.6. The summed E-state index contributed by atoms with van der Waals surface area (Å²) in [6.45, 7) is 0.353. The lowest BCUT2D eigenvalue weighted by atomic mass is 10.2. The van der Waals surface area contributed by atoms with E-state index in [1.165, 1.54) is 10.6 Å².